The average molecular weight is 666 g/mol. The van der Waals surface area contributed by atoms with E-state index >= 15 is 0 Å². The molecule has 8 aromatic rings. The summed E-state index contributed by atoms with van der Waals surface area (Å²) in [6.45, 7) is 0. The lowest BCUT2D eigenvalue weighted by molar-refractivity contribution is -0.137. The molecule has 2 atom stereocenters. The molecular weight excluding hydrogens is 636 g/mol. The third-order valence-corrected chi connectivity index (χ3v) is 10.8. The molecule has 4 heteroatoms. The molecule has 0 radical (unpaired) electrons. The van der Waals surface area contributed by atoms with E-state index in [1.165, 1.54) is 50.4 Å². The normalized spacial score (nSPS) is 16.9. The van der Waals surface area contributed by atoms with Crippen molar-refractivity contribution in [1.29, 1.82) is 0 Å². The largest absolute Gasteiger partial charge is 0.416 e. The van der Waals surface area contributed by atoms with Gasteiger partial charge in [0.1, 0.15) is 0 Å². The summed E-state index contributed by atoms with van der Waals surface area (Å²) in [5.41, 5.74) is 8.99. The van der Waals surface area contributed by atoms with Crippen molar-refractivity contribution in [1.82, 2.24) is 4.57 Å². The van der Waals surface area contributed by atoms with Crippen LogP contribution in [0.15, 0.2) is 170 Å². The van der Waals surface area contributed by atoms with Gasteiger partial charge in [-0.3, -0.25) is 0 Å². The van der Waals surface area contributed by atoms with Gasteiger partial charge >= 0.3 is 6.18 Å². The van der Waals surface area contributed by atoms with E-state index in [0.717, 1.165) is 38.5 Å². The van der Waals surface area contributed by atoms with Gasteiger partial charge in [0.05, 0.1) is 16.6 Å². The highest BCUT2D eigenvalue weighted by molar-refractivity contribution is 6.16. The molecular formula is C47H30F3N. The molecule has 51 heavy (non-hydrogen) atoms. The first-order valence-electron chi connectivity index (χ1n) is 17.3. The maximum atomic E-state index is 13.6. The monoisotopic (exact) mass is 665 g/mol. The van der Waals surface area contributed by atoms with E-state index in [0.29, 0.717) is 11.6 Å². The van der Waals surface area contributed by atoms with Crippen LogP contribution in [0.1, 0.15) is 28.2 Å². The second-order valence-electron chi connectivity index (χ2n) is 13.6. The zero-order valence-electron chi connectivity index (χ0n) is 27.4. The maximum absolute atomic E-state index is 13.6. The Balaban J connectivity index is 1.23. The smallest absolute Gasteiger partial charge is 0.309 e. The fourth-order valence-electron chi connectivity index (χ4n) is 8.39. The molecule has 0 amide bonds. The van der Waals surface area contributed by atoms with E-state index < -0.39 is 11.7 Å². The van der Waals surface area contributed by atoms with Crippen molar-refractivity contribution in [3.63, 3.8) is 0 Å². The quantitative estimate of drug-likeness (QED) is 0.166. The van der Waals surface area contributed by atoms with E-state index in [1.807, 2.05) is 0 Å². The molecule has 0 N–H and O–H groups in total. The summed E-state index contributed by atoms with van der Waals surface area (Å²) in [6, 6.07) is 46.5. The predicted molar refractivity (Wildman–Crippen MR) is 204 cm³/mol. The molecule has 2 unspecified atom stereocenters. The molecule has 1 heterocycles. The van der Waals surface area contributed by atoms with Crippen molar-refractivity contribution in [3.05, 3.63) is 192 Å². The molecule has 244 valence electrons. The highest BCUT2D eigenvalue weighted by Gasteiger charge is 2.31. The molecule has 2 aliphatic carbocycles. The van der Waals surface area contributed by atoms with Crippen LogP contribution in [0.5, 0.6) is 0 Å². The van der Waals surface area contributed by atoms with Gasteiger partial charge in [-0.1, -0.05) is 115 Å². The lowest BCUT2D eigenvalue weighted by Crippen LogP contribution is -2.16. The minimum atomic E-state index is -4.40. The molecule has 0 aliphatic heterocycles. The van der Waals surface area contributed by atoms with E-state index in [2.05, 4.69) is 150 Å². The molecule has 1 nitrogen and oxygen atoms in total. The van der Waals surface area contributed by atoms with Gasteiger partial charge in [0.2, 0.25) is 0 Å². The number of hydrogen-bond donors (Lipinski definition) is 0. The number of rotatable bonds is 3. The molecule has 2 aliphatic rings. The Labute approximate surface area is 292 Å². The Morgan fingerprint density at radius 3 is 1.94 bits per heavy atom. The Kier molecular flexibility index (Phi) is 6.53. The number of hydrogen-bond acceptors (Lipinski definition) is 0. The summed E-state index contributed by atoms with van der Waals surface area (Å²) in [5.74, 6) is 0.566. The zero-order valence-corrected chi connectivity index (χ0v) is 27.4. The Morgan fingerprint density at radius 1 is 0.510 bits per heavy atom. The van der Waals surface area contributed by atoms with E-state index in [-0.39, 0.29) is 5.92 Å². The van der Waals surface area contributed by atoms with Gasteiger partial charge in [0.15, 0.2) is 0 Å². The number of nitrogens with zero attached hydrogens (tertiary/aromatic N) is 1. The first-order chi connectivity index (χ1) is 24.9. The molecule has 0 fully saturated rings. The van der Waals surface area contributed by atoms with Gasteiger partial charge in [0.25, 0.3) is 0 Å². The topological polar surface area (TPSA) is 4.93 Å². The van der Waals surface area contributed by atoms with Crippen LogP contribution in [0.2, 0.25) is 0 Å². The molecule has 7 aromatic carbocycles. The number of aromatic nitrogens is 1. The molecule has 0 spiro atoms. The van der Waals surface area contributed by atoms with Gasteiger partial charge < -0.3 is 4.57 Å². The molecule has 0 saturated carbocycles. The first kappa shape index (κ1) is 29.8. The van der Waals surface area contributed by atoms with Crippen LogP contribution in [0.25, 0.3) is 65.7 Å². The maximum Gasteiger partial charge on any atom is 0.416 e. The standard InChI is InChI=1S/C47H30F3N/c48-47(49,50)33-19-21-34(22-20-33)51-45-23-17-31(41-25-29-9-1-3-11-35(29)37-13-5-7-15-39(37)41)27-43(45)44-28-32(18-24-46(44)51)42-26-30-10-2-4-12-36(30)38-14-6-8-16-40(38)42/h1-29,35H. The van der Waals surface area contributed by atoms with Gasteiger partial charge in [-0.05, 0) is 110 Å². The summed E-state index contributed by atoms with van der Waals surface area (Å²) in [7, 11) is 0. The minimum absolute atomic E-state index is 0.261. The van der Waals surface area contributed by atoms with Crippen molar-refractivity contribution >= 4 is 48.9 Å². The van der Waals surface area contributed by atoms with E-state index in [9.17, 15) is 13.2 Å². The van der Waals surface area contributed by atoms with E-state index in [1.54, 1.807) is 12.1 Å². The third kappa shape index (κ3) is 4.70. The molecule has 0 bridgehead atoms. The van der Waals surface area contributed by atoms with Crippen LogP contribution in [0, 0.1) is 5.92 Å². The Morgan fingerprint density at radius 2 is 1.16 bits per heavy atom. The number of fused-ring (bicyclic) bond motifs is 9. The summed E-state index contributed by atoms with van der Waals surface area (Å²) in [6.07, 6.45) is 6.80. The number of halogens is 3. The number of allylic oxidation sites excluding steroid dienone is 5. The summed E-state index contributed by atoms with van der Waals surface area (Å²) in [5, 5.41) is 6.86. The van der Waals surface area contributed by atoms with Crippen LogP contribution in [-0.2, 0) is 6.18 Å². The summed E-state index contributed by atoms with van der Waals surface area (Å²) >= 11 is 0. The molecule has 0 saturated heterocycles. The lowest BCUT2D eigenvalue weighted by Gasteiger charge is -2.31. The van der Waals surface area contributed by atoms with Gasteiger partial charge in [-0.2, -0.15) is 13.2 Å². The second-order valence-corrected chi connectivity index (χ2v) is 13.6. The van der Waals surface area contributed by atoms with Crippen LogP contribution >= 0.6 is 0 Å². The lowest BCUT2D eigenvalue weighted by atomic mass is 9.73. The molecule has 1 aromatic heterocycles. The predicted octanol–water partition coefficient (Wildman–Crippen LogP) is 13.0. The fraction of sp³-hybridized carbons (Fsp3) is 0.0638. The van der Waals surface area contributed by atoms with Gasteiger partial charge in [0, 0.05) is 28.3 Å². The summed E-state index contributed by atoms with van der Waals surface area (Å²) < 4.78 is 42.9. The molecule has 10 rings (SSSR count). The van der Waals surface area contributed by atoms with Crippen LogP contribution in [0.3, 0.4) is 0 Å². The Hall–Kier alpha value is -6.13. The average Bonchev–Trinajstić information content (AvgIpc) is 3.50. The highest BCUT2D eigenvalue weighted by atomic mass is 19.4. The van der Waals surface area contributed by atoms with Crippen LogP contribution < -0.4 is 0 Å². The highest BCUT2D eigenvalue weighted by Crippen LogP contribution is 2.45. The van der Waals surface area contributed by atoms with Crippen molar-refractivity contribution in [3.8, 4) is 16.8 Å². The van der Waals surface area contributed by atoms with Crippen molar-refractivity contribution in [2.45, 2.75) is 12.1 Å². The number of benzene rings is 7. The van der Waals surface area contributed by atoms with Crippen LogP contribution in [0.4, 0.5) is 13.2 Å². The van der Waals surface area contributed by atoms with Gasteiger partial charge in [-0.15, -0.1) is 0 Å². The van der Waals surface area contributed by atoms with Crippen molar-refractivity contribution in [2.24, 2.45) is 5.92 Å². The van der Waals surface area contributed by atoms with Crippen molar-refractivity contribution in [2.75, 3.05) is 0 Å². The SMILES string of the molecule is FC(F)(F)c1ccc(-n2c3ccc(C4=CC5C=CC=CC5c5ccccc54)cc3c3cc(-c4cc5ccccc5c5ccccc45)ccc32)cc1. The first-order valence-corrected chi connectivity index (χ1v) is 17.3. The Bertz CT molecular complexity index is 2790. The minimum Gasteiger partial charge on any atom is -0.309 e. The third-order valence-electron chi connectivity index (χ3n) is 10.8. The van der Waals surface area contributed by atoms with Gasteiger partial charge in [-0.25, -0.2) is 0 Å². The number of alkyl halides is 3. The zero-order chi connectivity index (χ0) is 34.3. The second kappa shape index (κ2) is 11.2. The van der Waals surface area contributed by atoms with E-state index in [4.69, 9.17) is 0 Å². The fourth-order valence-corrected chi connectivity index (χ4v) is 8.39. The van der Waals surface area contributed by atoms with Crippen LogP contribution in [-0.4, -0.2) is 4.57 Å². The summed E-state index contributed by atoms with van der Waals surface area (Å²) in [4.78, 5) is 0. The van der Waals surface area contributed by atoms with Crippen molar-refractivity contribution < 1.29 is 13.2 Å².